The molecule has 0 bridgehead atoms. The van der Waals surface area contributed by atoms with Gasteiger partial charge in [-0.25, -0.2) is 0 Å². The summed E-state index contributed by atoms with van der Waals surface area (Å²) in [7, 11) is 3.59. The van der Waals surface area contributed by atoms with Crippen LogP contribution in [0.3, 0.4) is 0 Å². The second-order valence-corrected chi connectivity index (χ2v) is 8.17. The normalized spacial score (nSPS) is 19.4. The van der Waals surface area contributed by atoms with Crippen LogP contribution in [0.1, 0.15) is 50.1 Å². The standard InChI is InChI=1S/C23H39N5O/c1-24-23(25-12-3-4-13-27-14-5-6-15-27)26-19-22(28-16-7-8-17-28)20-10-9-11-21(18-20)29-2/h9-11,18,22H,3-8,12-17,19H2,1-2H3,(H2,24,25,26). The van der Waals surface area contributed by atoms with Gasteiger partial charge in [0.1, 0.15) is 5.75 Å². The highest BCUT2D eigenvalue weighted by Gasteiger charge is 2.24. The lowest BCUT2D eigenvalue weighted by Crippen LogP contribution is -2.43. The average molecular weight is 402 g/mol. The molecule has 0 saturated carbocycles. The van der Waals surface area contributed by atoms with Crippen molar-refractivity contribution >= 4 is 5.96 Å². The van der Waals surface area contributed by atoms with Crippen molar-refractivity contribution < 1.29 is 4.74 Å². The Hall–Kier alpha value is -1.79. The summed E-state index contributed by atoms with van der Waals surface area (Å²) in [6, 6.07) is 8.81. The van der Waals surface area contributed by atoms with Gasteiger partial charge >= 0.3 is 0 Å². The van der Waals surface area contributed by atoms with Gasteiger partial charge in [-0.1, -0.05) is 12.1 Å². The van der Waals surface area contributed by atoms with Crippen molar-refractivity contribution in [1.29, 1.82) is 0 Å². The second kappa shape index (κ2) is 12.0. The Morgan fingerprint density at radius 1 is 1.07 bits per heavy atom. The molecule has 0 spiro atoms. The molecule has 1 atom stereocenters. The number of rotatable bonds is 10. The highest BCUT2D eigenvalue weighted by Crippen LogP contribution is 2.27. The van der Waals surface area contributed by atoms with Crippen molar-refractivity contribution in [2.45, 2.75) is 44.6 Å². The van der Waals surface area contributed by atoms with Gasteiger partial charge in [0.2, 0.25) is 0 Å². The number of ether oxygens (including phenoxy) is 1. The van der Waals surface area contributed by atoms with E-state index in [9.17, 15) is 0 Å². The van der Waals surface area contributed by atoms with Crippen molar-refractivity contribution in [2.24, 2.45) is 4.99 Å². The van der Waals surface area contributed by atoms with Crippen LogP contribution < -0.4 is 15.4 Å². The smallest absolute Gasteiger partial charge is 0.191 e. The van der Waals surface area contributed by atoms with Gasteiger partial charge in [0, 0.05) is 20.1 Å². The molecule has 29 heavy (non-hydrogen) atoms. The van der Waals surface area contributed by atoms with E-state index in [4.69, 9.17) is 4.74 Å². The lowest BCUT2D eigenvalue weighted by atomic mass is 10.1. The lowest BCUT2D eigenvalue weighted by molar-refractivity contribution is 0.245. The minimum atomic E-state index is 0.335. The number of benzene rings is 1. The van der Waals surface area contributed by atoms with Crippen molar-refractivity contribution in [2.75, 3.05) is 60.0 Å². The van der Waals surface area contributed by atoms with Gasteiger partial charge in [-0.15, -0.1) is 0 Å². The van der Waals surface area contributed by atoms with Crippen molar-refractivity contribution in [3.63, 3.8) is 0 Å². The van der Waals surface area contributed by atoms with E-state index in [1.165, 1.54) is 63.7 Å². The number of nitrogens with one attached hydrogen (secondary N) is 2. The van der Waals surface area contributed by atoms with Crippen LogP contribution in [0.15, 0.2) is 29.3 Å². The highest BCUT2D eigenvalue weighted by molar-refractivity contribution is 5.79. The van der Waals surface area contributed by atoms with Gasteiger partial charge < -0.3 is 20.3 Å². The maximum Gasteiger partial charge on any atom is 0.191 e. The molecule has 2 aliphatic heterocycles. The molecular formula is C23H39N5O. The second-order valence-electron chi connectivity index (χ2n) is 8.17. The molecule has 1 aromatic rings. The molecule has 2 heterocycles. The molecule has 0 radical (unpaired) electrons. The van der Waals surface area contributed by atoms with Crippen LogP contribution in [0.5, 0.6) is 5.75 Å². The Labute approximate surface area is 176 Å². The predicted molar refractivity (Wildman–Crippen MR) is 121 cm³/mol. The Morgan fingerprint density at radius 2 is 1.83 bits per heavy atom. The maximum atomic E-state index is 5.45. The maximum absolute atomic E-state index is 5.45. The average Bonchev–Trinajstić information content (AvgIpc) is 3.47. The number of hydrogen-bond donors (Lipinski definition) is 2. The topological polar surface area (TPSA) is 52.1 Å². The predicted octanol–water partition coefficient (Wildman–Crippen LogP) is 2.87. The summed E-state index contributed by atoms with van der Waals surface area (Å²) in [5.41, 5.74) is 1.31. The fourth-order valence-electron chi connectivity index (χ4n) is 4.45. The fraction of sp³-hybridized carbons (Fsp3) is 0.696. The lowest BCUT2D eigenvalue weighted by Gasteiger charge is -2.29. The Balaban J connectivity index is 1.46. The van der Waals surface area contributed by atoms with Crippen molar-refractivity contribution in [3.8, 4) is 5.75 Å². The quantitative estimate of drug-likeness (QED) is 0.359. The molecule has 6 nitrogen and oxygen atoms in total. The third kappa shape index (κ3) is 6.89. The van der Waals surface area contributed by atoms with Crippen molar-refractivity contribution in [1.82, 2.24) is 20.4 Å². The summed E-state index contributed by atoms with van der Waals surface area (Å²) in [5, 5.41) is 7.05. The molecule has 2 saturated heterocycles. The third-order valence-corrected chi connectivity index (χ3v) is 6.14. The molecule has 2 N–H and O–H groups in total. The van der Waals surface area contributed by atoms with Gasteiger partial charge in [0.05, 0.1) is 13.2 Å². The Kier molecular flexibility index (Phi) is 9.09. The first-order valence-electron chi connectivity index (χ1n) is 11.3. The number of unbranched alkanes of at least 4 members (excludes halogenated alkanes) is 1. The van der Waals surface area contributed by atoms with E-state index >= 15 is 0 Å². The van der Waals surface area contributed by atoms with Gasteiger partial charge in [0.25, 0.3) is 0 Å². The van der Waals surface area contributed by atoms with E-state index in [1.807, 2.05) is 13.1 Å². The molecule has 0 aromatic heterocycles. The largest absolute Gasteiger partial charge is 0.497 e. The van der Waals surface area contributed by atoms with Gasteiger partial charge in [-0.05, 0) is 88.9 Å². The van der Waals surface area contributed by atoms with Crippen LogP contribution in [-0.2, 0) is 0 Å². The van der Waals surface area contributed by atoms with Crippen LogP contribution in [-0.4, -0.2) is 75.7 Å². The number of likely N-dealkylation sites (tertiary alicyclic amines) is 2. The zero-order valence-corrected chi connectivity index (χ0v) is 18.3. The molecule has 6 heteroatoms. The number of guanidine groups is 1. The summed E-state index contributed by atoms with van der Waals surface area (Å²) in [5.74, 6) is 1.82. The molecule has 2 aliphatic rings. The van der Waals surface area contributed by atoms with E-state index in [1.54, 1.807) is 7.11 Å². The molecular weight excluding hydrogens is 362 g/mol. The van der Waals surface area contributed by atoms with Crippen LogP contribution in [0.25, 0.3) is 0 Å². The first-order chi connectivity index (χ1) is 14.3. The third-order valence-electron chi connectivity index (χ3n) is 6.14. The SMILES string of the molecule is CN=C(NCCCCN1CCCC1)NCC(c1cccc(OC)c1)N1CCCC1. The number of methoxy groups -OCH3 is 1. The molecule has 0 amide bonds. The summed E-state index contributed by atoms with van der Waals surface area (Å²) in [4.78, 5) is 9.59. The first-order valence-corrected chi connectivity index (χ1v) is 11.3. The van der Waals surface area contributed by atoms with E-state index in [0.29, 0.717) is 6.04 Å². The van der Waals surface area contributed by atoms with Crippen LogP contribution in [0.4, 0.5) is 0 Å². The molecule has 162 valence electrons. The summed E-state index contributed by atoms with van der Waals surface area (Å²) in [6.45, 7) is 7.96. The van der Waals surface area contributed by atoms with Crippen LogP contribution >= 0.6 is 0 Å². The summed E-state index contributed by atoms with van der Waals surface area (Å²) in [6.07, 6.45) is 7.75. The van der Waals surface area contributed by atoms with Crippen LogP contribution in [0, 0.1) is 0 Å². The minimum absolute atomic E-state index is 0.335. The van der Waals surface area contributed by atoms with E-state index < -0.39 is 0 Å². The Morgan fingerprint density at radius 3 is 2.55 bits per heavy atom. The molecule has 0 aliphatic carbocycles. The first kappa shape index (κ1) is 21.9. The highest BCUT2D eigenvalue weighted by atomic mass is 16.5. The van der Waals surface area contributed by atoms with Crippen LogP contribution in [0.2, 0.25) is 0 Å². The number of aliphatic imine (C=N–C) groups is 1. The zero-order valence-electron chi connectivity index (χ0n) is 18.3. The zero-order chi connectivity index (χ0) is 20.3. The molecule has 3 rings (SSSR count). The summed E-state index contributed by atoms with van der Waals surface area (Å²) >= 11 is 0. The van der Waals surface area contributed by atoms with E-state index in [-0.39, 0.29) is 0 Å². The number of nitrogens with zero attached hydrogens (tertiary/aromatic N) is 3. The summed E-state index contributed by atoms with van der Waals surface area (Å²) < 4.78 is 5.45. The molecule has 1 aromatic carbocycles. The van der Waals surface area contributed by atoms with E-state index in [0.717, 1.165) is 37.9 Å². The fourth-order valence-corrected chi connectivity index (χ4v) is 4.45. The van der Waals surface area contributed by atoms with Crippen molar-refractivity contribution in [3.05, 3.63) is 29.8 Å². The van der Waals surface area contributed by atoms with Gasteiger partial charge in [-0.2, -0.15) is 0 Å². The minimum Gasteiger partial charge on any atom is -0.497 e. The van der Waals surface area contributed by atoms with Gasteiger partial charge in [0.15, 0.2) is 5.96 Å². The molecule has 2 fully saturated rings. The number of hydrogen-bond acceptors (Lipinski definition) is 4. The Bertz CT molecular complexity index is 623. The molecule has 1 unspecified atom stereocenters. The van der Waals surface area contributed by atoms with E-state index in [2.05, 4.69) is 43.6 Å². The van der Waals surface area contributed by atoms with Gasteiger partial charge in [-0.3, -0.25) is 9.89 Å². The monoisotopic (exact) mass is 401 g/mol.